The second-order valence-corrected chi connectivity index (χ2v) is 3.82. The van der Waals surface area contributed by atoms with Gasteiger partial charge in [-0.3, -0.25) is 0 Å². The summed E-state index contributed by atoms with van der Waals surface area (Å²) >= 11 is 7.10. The van der Waals surface area contributed by atoms with Crippen LogP contribution in [0.4, 0.5) is 5.82 Å². The van der Waals surface area contributed by atoms with E-state index >= 15 is 0 Å². The van der Waals surface area contributed by atoms with E-state index in [0.29, 0.717) is 0 Å². The van der Waals surface area contributed by atoms with Gasteiger partial charge in [0.1, 0.15) is 0 Å². The lowest BCUT2D eigenvalue weighted by atomic mass is 10.2. The second-order valence-electron chi connectivity index (χ2n) is 2.77. The maximum atomic E-state index is 5.77. The molecule has 72 valence electrons. The highest BCUT2D eigenvalue weighted by Gasteiger charge is 1.95. The van der Waals surface area contributed by atoms with Crippen LogP contribution in [0.2, 0.25) is 5.02 Å². The molecule has 1 aromatic heterocycles. The highest BCUT2D eigenvalue weighted by Crippen LogP contribution is 2.11. The fourth-order valence-electron chi connectivity index (χ4n) is 1.04. The van der Waals surface area contributed by atoms with Crippen molar-refractivity contribution in [1.29, 1.82) is 0 Å². The third-order valence-electron chi connectivity index (χ3n) is 1.75. The molecule has 2 aromatic rings. The van der Waals surface area contributed by atoms with Crippen molar-refractivity contribution in [3.8, 4) is 0 Å². The molecule has 3 nitrogen and oxygen atoms in total. The average molecular weight is 226 g/mol. The molecule has 0 unspecified atom stereocenters. The Morgan fingerprint density at radius 2 is 2.07 bits per heavy atom. The van der Waals surface area contributed by atoms with Crippen LogP contribution in [-0.2, 0) is 6.54 Å². The zero-order valence-corrected chi connectivity index (χ0v) is 8.85. The van der Waals surface area contributed by atoms with Crippen molar-refractivity contribution in [2.45, 2.75) is 6.54 Å². The van der Waals surface area contributed by atoms with Crippen LogP contribution in [-0.4, -0.2) is 9.59 Å². The monoisotopic (exact) mass is 225 g/mol. The van der Waals surface area contributed by atoms with Gasteiger partial charge in [0.15, 0.2) is 5.82 Å². The molecule has 5 heteroatoms. The number of rotatable bonds is 3. The van der Waals surface area contributed by atoms with Crippen LogP contribution in [0.3, 0.4) is 0 Å². The maximum absolute atomic E-state index is 5.77. The summed E-state index contributed by atoms with van der Waals surface area (Å²) < 4.78 is 3.76. The molecule has 1 heterocycles. The third-order valence-corrected chi connectivity index (χ3v) is 2.50. The Morgan fingerprint density at radius 3 is 2.71 bits per heavy atom. The standard InChI is InChI=1S/C9H8ClN3S/c10-8-3-1-7(2-4-8)5-11-9-6-14-13-12-9/h1-4,6,11H,5H2. The number of halogens is 1. The van der Waals surface area contributed by atoms with Crippen LogP contribution in [0.15, 0.2) is 29.6 Å². The molecular weight excluding hydrogens is 218 g/mol. The van der Waals surface area contributed by atoms with Gasteiger partial charge < -0.3 is 5.32 Å². The van der Waals surface area contributed by atoms with E-state index in [0.717, 1.165) is 17.4 Å². The van der Waals surface area contributed by atoms with Gasteiger partial charge in [0.05, 0.1) is 5.38 Å². The summed E-state index contributed by atoms with van der Waals surface area (Å²) in [5.74, 6) is 0.810. The Bertz CT molecular complexity index is 385. The smallest absolute Gasteiger partial charge is 0.161 e. The fourth-order valence-corrected chi connectivity index (χ4v) is 1.58. The molecule has 14 heavy (non-hydrogen) atoms. The fraction of sp³-hybridized carbons (Fsp3) is 0.111. The van der Waals surface area contributed by atoms with Crippen LogP contribution in [0, 0.1) is 0 Å². The zero-order chi connectivity index (χ0) is 9.80. The van der Waals surface area contributed by atoms with Gasteiger partial charge in [0.2, 0.25) is 0 Å². The van der Waals surface area contributed by atoms with Crippen LogP contribution >= 0.6 is 23.1 Å². The number of aromatic nitrogens is 2. The van der Waals surface area contributed by atoms with E-state index in [1.54, 1.807) is 0 Å². The number of nitrogens with one attached hydrogen (secondary N) is 1. The first-order valence-corrected chi connectivity index (χ1v) is 5.31. The minimum atomic E-state index is 0.739. The Morgan fingerprint density at radius 1 is 1.29 bits per heavy atom. The molecule has 0 fully saturated rings. The number of benzene rings is 1. The van der Waals surface area contributed by atoms with Crippen molar-refractivity contribution in [3.05, 3.63) is 40.2 Å². The van der Waals surface area contributed by atoms with Crippen LogP contribution < -0.4 is 5.32 Å². The van der Waals surface area contributed by atoms with Gasteiger partial charge in [0.25, 0.3) is 0 Å². The lowest BCUT2D eigenvalue weighted by Crippen LogP contribution is -1.99. The average Bonchev–Trinajstić information content (AvgIpc) is 2.70. The van der Waals surface area contributed by atoms with Gasteiger partial charge in [-0.1, -0.05) is 28.2 Å². The molecule has 0 aliphatic rings. The summed E-state index contributed by atoms with van der Waals surface area (Å²) in [4.78, 5) is 0. The first-order valence-electron chi connectivity index (χ1n) is 4.10. The quantitative estimate of drug-likeness (QED) is 0.873. The van der Waals surface area contributed by atoms with Gasteiger partial charge in [-0.2, -0.15) is 0 Å². The first kappa shape index (κ1) is 9.43. The minimum absolute atomic E-state index is 0.739. The van der Waals surface area contributed by atoms with E-state index in [4.69, 9.17) is 11.6 Å². The van der Waals surface area contributed by atoms with Gasteiger partial charge in [-0.05, 0) is 29.2 Å². The van der Waals surface area contributed by atoms with E-state index < -0.39 is 0 Å². The summed E-state index contributed by atoms with van der Waals surface area (Å²) in [5.41, 5.74) is 1.17. The van der Waals surface area contributed by atoms with Crippen molar-refractivity contribution >= 4 is 29.0 Å². The number of anilines is 1. The molecule has 0 atom stereocenters. The maximum Gasteiger partial charge on any atom is 0.161 e. The molecular formula is C9H8ClN3S. The van der Waals surface area contributed by atoms with Gasteiger partial charge in [-0.25, -0.2) is 0 Å². The normalized spacial score (nSPS) is 10.1. The summed E-state index contributed by atoms with van der Waals surface area (Å²) in [6.07, 6.45) is 0. The van der Waals surface area contributed by atoms with Crippen LogP contribution in [0.1, 0.15) is 5.56 Å². The van der Waals surface area contributed by atoms with Gasteiger partial charge in [0, 0.05) is 11.6 Å². The Kier molecular flexibility index (Phi) is 2.96. The Labute approximate surface area is 90.9 Å². The van der Waals surface area contributed by atoms with Crippen molar-refractivity contribution in [2.75, 3.05) is 5.32 Å². The molecule has 1 N–H and O–H groups in total. The van der Waals surface area contributed by atoms with Crippen molar-refractivity contribution in [3.63, 3.8) is 0 Å². The molecule has 0 saturated heterocycles. The van der Waals surface area contributed by atoms with Gasteiger partial charge >= 0.3 is 0 Å². The zero-order valence-electron chi connectivity index (χ0n) is 7.27. The molecule has 1 aromatic carbocycles. The molecule has 0 aliphatic heterocycles. The number of nitrogens with zero attached hydrogens (tertiary/aromatic N) is 2. The number of hydrogen-bond acceptors (Lipinski definition) is 4. The predicted molar refractivity (Wildman–Crippen MR) is 58.7 cm³/mol. The molecule has 0 radical (unpaired) electrons. The van der Waals surface area contributed by atoms with Crippen LogP contribution in [0.5, 0.6) is 0 Å². The summed E-state index contributed by atoms with van der Waals surface area (Å²) in [6.45, 7) is 0.739. The van der Waals surface area contributed by atoms with Crippen LogP contribution in [0.25, 0.3) is 0 Å². The minimum Gasteiger partial charge on any atom is -0.364 e. The SMILES string of the molecule is Clc1ccc(CNc2csnn2)cc1. The van der Waals surface area contributed by atoms with E-state index in [9.17, 15) is 0 Å². The molecule has 0 amide bonds. The van der Waals surface area contributed by atoms with E-state index in [-0.39, 0.29) is 0 Å². The first-order chi connectivity index (χ1) is 6.84. The summed E-state index contributed by atoms with van der Waals surface area (Å²) in [7, 11) is 0. The Balaban J connectivity index is 1.95. The Hall–Kier alpha value is -1.13. The molecule has 2 rings (SSSR count). The molecule has 0 aliphatic carbocycles. The lowest BCUT2D eigenvalue weighted by molar-refractivity contribution is 1.07. The summed E-state index contributed by atoms with van der Waals surface area (Å²) in [5, 5.41) is 9.66. The summed E-state index contributed by atoms with van der Waals surface area (Å²) in [6, 6.07) is 7.71. The van der Waals surface area contributed by atoms with E-state index in [1.807, 2.05) is 29.6 Å². The molecule has 0 spiro atoms. The van der Waals surface area contributed by atoms with Crippen molar-refractivity contribution in [1.82, 2.24) is 9.59 Å². The number of hydrogen-bond donors (Lipinski definition) is 1. The third kappa shape index (κ3) is 2.43. The predicted octanol–water partition coefficient (Wildman–Crippen LogP) is 2.80. The highest BCUT2D eigenvalue weighted by atomic mass is 35.5. The molecule has 0 saturated carbocycles. The van der Waals surface area contributed by atoms with Gasteiger partial charge in [-0.15, -0.1) is 5.10 Å². The topological polar surface area (TPSA) is 37.8 Å². The highest BCUT2D eigenvalue weighted by molar-refractivity contribution is 7.03. The lowest BCUT2D eigenvalue weighted by Gasteiger charge is -2.01. The van der Waals surface area contributed by atoms with Crippen molar-refractivity contribution in [2.24, 2.45) is 0 Å². The second kappa shape index (κ2) is 4.39. The molecule has 0 bridgehead atoms. The van der Waals surface area contributed by atoms with E-state index in [2.05, 4.69) is 14.9 Å². The van der Waals surface area contributed by atoms with E-state index in [1.165, 1.54) is 17.1 Å². The van der Waals surface area contributed by atoms with Crippen molar-refractivity contribution < 1.29 is 0 Å². The largest absolute Gasteiger partial charge is 0.364 e.